The summed E-state index contributed by atoms with van der Waals surface area (Å²) in [6.45, 7) is 0. The van der Waals surface area contributed by atoms with Crippen LogP contribution in [0.1, 0.15) is 0 Å². The van der Waals surface area contributed by atoms with E-state index in [1.54, 1.807) is 0 Å². The maximum Gasteiger partial charge on any atom is 0.433 e. The Morgan fingerprint density at radius 2 is 1.33 bits per heavy atom. The predicted molar refractivity (Wildman–Crippen MR) is 35.5 cm³/mol. The Balaban J connectivity index is 5.34. The number of amides is 1. The van der Waals surface area contributed by atoms with Gasteiger partial charge in [0.1, 0.15) is 0 Å². The highest BCUT2D eigenvalue weighted by atomic mass is 19.3. The second-order valence-corrected chi connectivity index (χ2v) is 2.65. The summed E-state index contributed by atoms with van der Waals surface area (Å²) in [7, 11) is 0. The first kappa shape index (κ1) is 16.5. The van der Waals surface area contributed by atoms with Crippen molar-refractivity contribution in [1.29, 1.82) is 0 Å². The van der Waals surface area contributed by atoms with Crippen molar-refractivity contribution >= 4 is 5.91 Å². The van der Waals surface area contributed by atoms with E-state index in [4.69, 9.17) is 0 Å². The Kier molecular flexibility index (Phi) is 4.29. The monoisotopic (exact) mass is 291 g/mol. The number of halogens is 9. The van der Waals surface area contributed by atoms with Crippen LogP contribution in [0.25, 0.3) is 0 Å². The normalized spacial score (nSPS) is 13.4. The second-order valence-electron chi connectivity index (χ2n) is 2.65. The lowest BCUT2D eigenvalue weighted by Crippen LogP contribution is -2.54. The van der Waals surface area contributed by atoms with E-state index in [0.717, 1.165) is 0 Å². The first-order valence-electron chi connectivity index (χ1n) is 3.60. The van der Waals surface area contributed by atoms with E-state index in [1.165, 1.54) is 0 Å². The zero-order chi connectivity index (χ0) is 14.9. The van der Waals surface area contributed by atoms with Crippen LogP contribution < -0.4 is 5.73 Å². The molecule has 2 N–H and O–H groups in total. The number of carbonyl (C=O) groups is 1. The summed E-state index contributed by atoms with van der Waals surface area (Å²) in [5.41, 5.74) is 3.76. The molecule has 0 saturated carbocycles. The third-order valence-corrected chi connectivity index (χ3v) is 1.35. The molecule has 0 aliphatic heterocycles. The Morgan fingerprint density at radius 3 is 1.61 bits per heavy atom. The first-order chi connectivity index (χ1) is 7.75. The van der Waals surface area contributed by atoms with Gasteiger partial charge < -0.3 is 5.73 Å². The molecule has 18 heavy (non-hydrogen) atoms. The third kappa shape index (κ3) is 3.05. The molecule has 12 heteroatoms. The van der Waals surface area contributed by atoms with Gasteiger partial charge in [-0.1, -0.05) is 0 Å². The van der Waals surface area contributed by atoms with Crippen molar-refractivity contribution in [2.75, 3.05) is 0 Å². The number of primary amides is 1. The molecule has 0 unspecified atom stereocenters. The van der Waals surface area contributed by atoms with E-state index in [1.807, 2.05) is 4.74 Å². The largest absolute Gasteiger partial charge is 0.433 e. The molecule has 1 amide bonds. The summed E-state index contributed by atoms with van der Waals surface area (Å²) in [5.74, 6) is -12.8. The van der Waals surface area contributed by atoms with Gasteiger partial charge >= 0.3 is 24.2 Å². The number of hydrogen-bond donors (Lipinski definition) is 1. The molecule has 0 atom stereocenters. The smallest absolute Gasteiger partial charge is 0.364 e. The van der Waals surface area contributed by atoms with Crippen LogP contribution >= 0.6 is 0 Å². The van der Waals surface area contributed by atoms with Crippen LogP contribution in [-0.2, 0) is 9.53 Å². The maximum atomic E-state index is 12.4. The van der Waals surface area contributed by atoms with Crippen molar-refractivity contribution in [1.82, 2.24) is 0 Å². The number of rotatable bonds is 5. The molecule has 0 heterocycles. The molecule has 0 fully saturated rings. The van der Waals surface area contributed by atoms with Crippen LogP contribution in [-0.4, -0.2) is 24.0 Å². The zero-order valence-corrected chi connectivity index (χ0v) is 7.80. The highest BCUT2D eigenvalue weighted by molar-refractivity contribution is 5.82. The Bertz CT molecular complexity index is 373. The lowest BCUT2D eigenvalue weighted by Gasteiger charge is -2.26. The van der Waals surface area contributed by atoms with Crippen molar-refractivity contribution in [2.24, 2.45) is 5.73 Å². The topological polar surface area (TPSA) is 52.3 Å². The summed E-state index contributed by atoms with van der Waals surface area (Å²) in [6, 6.07) is 0. The Hall–Kier alpha value is -1.46. The van der Waals surface area contributed by atoms with Gasteiger partial charge in [-0.3, -0.25) is 4.79 Å². The number of carbonyl (C=O) groups excluding carboxylic acids is 1. The summed E-state index contributed by atoms with van der Waals surface area (Å²) < 4.78 is 111. The van der Waals surface area contributed by atoms with E-state index >= 15 is 0 Å². The fraction of sp³-hybridized carbons (Fsp3) is 0.500. The zero-order valence-electron chi connectivity index (χ0n) is 7.80. The van der Waals surface area contributed by atoms with Crippen LogP contribution in [0, 0.1) is 0 Å². The predicted octanol–water partition coefficient (Wildman–Crippen LogP) is 2.39. The van der Waals surface area contributed by atoms with Gasteiger partial charge in [-0.25, -0.2) is 4.74 Å². The van der Waals surface area contributed by atoms with E-state index in [-0.39, 0.29) is 0 Å². The Labute approximate surface area is 92.0 Å². The molecule has 0 aromatic heterocycles. The van der Waals surface area contributed by atoms with Crippen molar-refractivity contribution in [2.45, 2.75) is 18.1 Å². The molecule has 0 radical (unpaired) electrons. The SMILES string of the molecule is NC(=O)C(F)(F)C(F)(F)OC(F)(F)C(F)=C(F)F. The molecule has 0 saturated heterocycles. The van der Waals surface area contributed by atoms with E-state index in [2.05, 4.69) is 5.73 Å². The lowest BCUT2D eigenvalue weighted by molar-refractivity contribution is -0.413. The number of nitrogens with two attached hydrogens (primary N) is 1. The number of alkyl halides is 6. The minimum Gasteiger partial charge on any atom is -0.364 e. The van der Waals surface area contributed by atoms with Crippen molar-refractivity contribution in [3.63, 3.8) is 0 Å². The van der Waals surface area contributed by atoms with Gasteiger partial charge in [0.25, 0.3) is 11.7 Å². The molecule has 0 aromatic rings. The molecule has 0 aliphatic rings. The van der Waals surface area contributed by atoms with E-state index in [0.29, 0.717) is 0 Å². The maximum absolute atomic E-state index is 12.4. The fourth-order valence-corrected chi connectivity index (χ4v) is 0.523. The number of hydrogen-bond acceptors (Lipinski definition) is 2. The molecule has 0 bridgehead atoms. The fourth-order valence-electron chi connectivity index (χ4n) is 0.523. The third-order valence-electron chi connectivity index (χ3n) is 1.35. The minimum atomic E-state index is -6.30. The van der Waals surface area contributed by atoms with Crippen molar-refractivity contribution < 1.29 is 49.0 Å². The molecule has 0 spiro atoms. The molecule has 106 valence electrons. The first-order valence-corrected chi connectivity index (χ1v) is 3.60. The van der Waals surface area contributed by atoms with Gasteiger partial charge in [-0.15, -0.1) is 0 Å². The summed E-state index contributed by atoms with van der Waals surface area (Å²) in [4.78, 5) is 9.87. The molecular formula is C6H2F9NO2. The number of ether oxygens (including phenoxy) is 1. The van der Waals surface area contributed by atoms with Gasteiger partial charge in [0.05, 0.1) is 0 Å². The van der Waals surface area contributed by atoms with Crippen LogP contribution in [0.5, 0.6) is 0 Å². The molecular weight excluding hydrogens is 289 g/mol. The van der Waals surface area contributed by atoms with Crippen molar-refractivity contribution in [3.05, 3.63) is 11.9 Å². The molecule has 0 rings (SSSR count). The Morgan fingerprint density at radius 1 is 0.944 bits per heavy atom. The summed E-state index contributed by atoms with van der Waals surface area (Å²) in [5, 5.41) is 0. The van der Waals surface area contributed by atoms with Gasteiger partial charge in [0.15, 0.2) is 0 Å². The molecule has 0 aromatic carbocycles. The van der Waals surface area contributed by atoms with E-state index in [9.17, 15) is 44.3 Å². The highest BCUT2D eigenvalue weighted by Gasteiger charge is 2.67. The standard InChI is InChI=1S/C6H2F9NO2/c7-1(2(8)9)5(12,13)18-6(14,15)4(10,11)3(16)17/h(H2,16,17). The highest BCUT2D eigenvalue weighted by Crippen LogP contribution is 2.42. The van der Waals surface area contributed by atoms with Gasteiger partial charge in [-0.05, 0) is 0 Å². The van der Waals surface area contributed by atoms with Crippen LogP contribution in [0.2, 0.25) is 0 Å². The quantitative estimate of drug-likeness (QED) is 0.791. The van der Waals surface area contributed by atoms with Gasteiger partial charge in [0.2, 0.25) is 0 Å². The van der Waals surface area contributed by atoms with Gasteiger partial charge in [0, 0.05) is 0 Å². The molecule has 0 aliphatic carbocycles. The minimum absolute atomic E-state index is 1.94. The average Bonchev–Trinajstić information content (AvgIpc) is 2.13. The lowest BCUT2D eigenvalue weighted by atomic mass is 10.3. The summed E-state index contributed by atoms with van der Waals surface area (Å²) in [6.07, 6.45) is -16.1. The van der Waals surface area contributed by atoms with Crippen molar-refractivity contribution in [3.8, 4) is 0 Å². The van der Waals surface area contributed by atoms with Crippen LogP contribution in [0.3, 0.4) is 0 Å². The van der Waals surface area contributed by atoms with Crippen LogP contribution in [0.15, 0.2) is 11.9 Å². The summed E-state index contributed by atoms with van der Waals surface area (Å²) >= 11 is 0. The molecule has 3 nitrogen and oxygen atoms in total. The second kappa shape index (κ2) is 4.66. The van der Waals surface area contributed by atoms with E-state index < -0.39 is 36.0 Å². The average molecular weight is 291 g/mol. The van der Waals surface area contributed by atoms with Gasteiger partial charge in [-0.2, -0.15) is 39.5 Å². The van der Waals surface area contributed by atoms with Crippen LogP contribution in [0.4, 0.5) is 39.5 Å².